The monoisotopic (exact) mass is 378 g/mol. The summed E-state index contributed by atoms with van der Waals surface area (Å²) in [5.74, 6) is 1.22. The lowest BCUT2D eigenvalue weighted by atomic mass is 9.96. The van der Waals surface area contributed by atoms with Crippen LogP contribution >= 0.6 is 0 Å². The van der Waals surface area contributed by atoms with E-state index >= 15 is 0 Å². The fraction of sp³-hybridized carbons (Fsp3) is 0.316. The first-order valence-electron chi connectivity index (χ1n) is 9.28. The van der Waals surface area contributed by atoms with Crippen LogP contribution in [0.3, 0.4) is 0 Å². The van der Waals surface area contributed by atoms with E-state index < -0.39 is 0 Å². The fourth-order valence-electron chi connectivity index (χ4n) is 3.44. The van der Waals surface area contributed by atoms with E-state index in [1.165, 1.54) is 0 Å². The molecule has 2 aromatic heterocycles. The molecule has 1 aromatic carbocycles. The molecule has 0 radical (unpaired) electrons. The van der Waals surface area contributed by atoms with Gasteiger partial charge in [-0.2, -0.15) is 4.68 Å². The van der Waals surface area contributed by atoms with Gasteiger partial charge in [-0.25, -0.2) is 4.98 Å². The Morgan fingerprint density at radius 1 is 1.14 bits per heavy atom. The summed E-state index contributed by atoms with van der Waals surface area (Å²) in [4.78, 5) is 18.2. The number of pyridine rings is 1. The third-order valence-corrected chi connectivity index (χ3v) is 4.97. The molecular weight excluding hydrogens is 356 g/mol. The van der Waals surface area contributed by atoms with Crippen LogP contribution in [-0.4, -0.2) is 44.2 Å². The van der Waals surface area contributed by atoms with Crippen LogP contribution < -0.4 is 16.0 Å². The number of aromatic nitrogens is 5. The fourth-order valence-corrected chi connectivity index (χ4v) is 3.44. The van der Waals surface area contributed by atoms with Gasteiger partial charge in [0.1, 0.15) is 5.82 Å². The Balaban J connectivity index is 1.47. The number of nitrogens with zero attached hydrogens (tertiary/aromatic N) is 6. The van der Waals surface area contributed by atoms with E-state index in [2.05, 4.69) is 30.7 Å². The van der Waals surface area contributed by atoms with Gasteiger partial charge in [0.25, 0.3) is 0 Å². The van der Waals surface area contributed by atoms with Crippen molar-refractivity contribution in [2.75, 3.05) is 23.3 Å². The topological polar surface area (TPSA) is 115 Å². The average molecular weight is 378 g/mol. The Hall–Kier alpha value is -3.49. The highest BCUT2D eigenvalue weighted by molar-refractivity contribution is 5.77. The summed E-state index contributed by atoms with van der Waals surface area (Å²) in [5.41, 5.74) is 7.37. The van der Waals surface area contributed by atoms with Crippen LogP contribution in [0.25, 0.3) is 5.69 Å². The molecule has 1 fully saturated rings. The Kier molecular flexibility index (Phi) is 5.14. The number of rotatable bonds is 6. The van der Waals surface area contributed by atoms with E-state index in [0.717, 1.165) is 43.0 Å². The van der Waals surface area contributed by atoms with Crippen molar-refractivity contribution in [3.05, 3.63) is 54.2 Å². The molecule has 1 aliphatic heterocycles. The van der Waals surface area contributed by atoms with E-state index in [0.29, 0.717) is 12.5 Å². The van der Waals surface area contributed by atoms with Crippen LogP contribution in [-0.2, 0) is 11.3 Å². The largest absolute Gasteiger partial charge is 0.369 e. The zero-order valence-electron chi connectivity index (χ0n) is 15.4. The number of para-hydroxylation sites is 1. The summed E-state index contributed by atoms with van der Waals surface area (Å²) in [7, 11) is 0. The molecule has 144 valence electrons. The molecule has 9 nitrogen and oxygen atoms in total. The molecule has 0 atom stereocenters. The van der Waals surface area contributed by atoms with E-state index in [9.17, 15) is 4.79 Å². The molecule has 3 N–H and O–H groups in total. The van der Waals surface area contributed by atoms with Gasteiger partial charge in [0.15, 0.2) is 0 Å². The maximum Gasteiger partial charge on any atom is 0.248 e. The lowest BCUT2D eigenvalue weighted by Gasteiger charge is -2.32. The van der Waals surface area contributed by atoms with Crippen LogP contribution in [0.2, 0.25) is 0 Å². The quantitative estimate of drug-likeness (QED) is 0.666. The minimum absolute atomic E-state index is 0.0444. The Labute approximate surface area is 162 Å². The lowest BCUT2D eigenvalue weighted by molar-refractivity contribution is -0.122. The highest BCUT2D eigenvalue weighted by Gasteiger charge is 2.25. The van der Waals surface area contributed by atoms with Gasteiger partial charge in [-0.3, -0.25) is 4.79 Å². The Morgan fingerprint density at radius 2 is 1.93 bits per heavy atom. The van der Waals surface area contributed by atoms with E-state index in [1.807, 2.05) is 42.5 Å². The van der Waals surface area contributed by atoms with Gasteiger partial charge in [0.2, 0.25) is 11.9 Å². The number of hydrogen-bond acceptors (Lipinski definition) is 7. The van der Waals surface area contributed by atoms with Crippen molar-refractivity contribution in [2.24, 2.45) is 11.7 Å². The summed E-state index contributed by atoms with van der Waals surface area (Å²) in [6.07, 6.45) is 3.29. The van der Waals surface area contributed by atoms with E-state index in [-0.39, 0.29) is 11.8 Å². The van der Waals surface area contributed by atoms with Crippen LogP contribution in [0.4, 0.5) is 11.8 Å². The van der Waals surface area contributed by atoms with Gasteiger partial charge < -0.3 is 16.0 Å². The van der Waals surface area contributed by atoms with Gasteiger partial charge in [0.05, 0.1) is 5.69 Å². The minimum Gasteiger partial charge on any atom is -0.369 e. The van der Waals surface area contributed by atoms with Gasteiger partial charge in [-0.15, -0.1) is 0 Å². The predicted molar refractivity (Wildman–Crippen MR) is 105 cm³/mol. The molecule has 4 rings (SSSR count). The Morgan fingerprint density at radius 3 is 2.68 bits per heavy atom. The molecule has 1 aliphatic rings. The lowest BCUT2D eigenvalue weighted by Crippen LogP contribution is -2.39. The molecule has 3 aromatic rings. The summed E-state index contributed by atoms with van der Waals surface area (Å²) < 4.78 is 1.66. The zero-order chi connectivity index (χ0) is 19.3. The van der Waals surface area contributed by atoms with Crippen LogP contribution in [0.1, 0.15) is 18.4 Å². The summed E-state index contributed by atoms with van der Waals surface area (Å²) in [5, 5.41) is 15.2. The number of anilines is 2. The maximum atomic E-state index is 11.4. The number of primary amides is 1. The molecule has 0 bridgehead atoms. The maximum absolute atomic E-state index is 11.4. The second-order valence-corrected chi connectivity index (χ2v) is 6.75. The number of carbonyl (C=O) groups is 1. The molecule has 1 saturated heterocycles. The number of tetrazole rings is 1. The second-order valence-electron chi connectivity index (χ2n) is 6.75. The molecular formula is C19H22N8O. The van der Waals surface area contributed by atoms with Gasteiger partial charge in [-0.1, -0.05) is 29.4 Å². The van der Waals surface area contributed by atoms with Crippen LogP contribution in [0.15, 0.2) is 48.7 Å². The smallest absolute Gasteiger partial charge is 0.248 e. The number of piperidine rings is 1. The van der Waals surface area contributed by atoms with Crippen LogP contribution in [0.5, 0.6) is 0 Å². The number of hydrogen-bond donors (Lipinski definition) is 2. The number of nitrogens with one attached hydrogen (secondary N) is 1. The standard InChI is InChI=1S/C19H22N8O/c20-17(28)14-8-11-26(12-9-14)18-15(5-4-10-21-18)13-22-19-23-24-25-27(19)16-6-2-1-3-7-16/h1-7,10,14H,8-9,11-13H2,(H2,20,28)(H,22,23,25). The summed E-state index contributed by atoms with van der Waals surface area (Å²) >= 11 is 0. The van der Waals surface area contributed by atoms with Crippen molar-refractivity contribution >= 4 is 17.7 Å². The summed E-state index contributed by atoms with van der Waals surface area (Å²) in [6.45, 7) is 2.06. The third kappa shape index (κ3) is 3.78. The first-order chi connectivity index (χ1) is 13.7. The van der Waals surface area contributed by atoms with Gasteiger partial charge >= 0.3 is 0 Å². The number of benzene rings is 1. The number of amides is 1. The number of carbonyl (C=O) groups excluding carboxylic acids is 1. The second kappa shape index (κ2) is 8.03. The highest BCUT2D eigenvalue weighted by atomic mass is 16.1. The summed E-state index contributed by atoms with van der Waals surface area (Å²) in [6, 6.07) is 13.7. The normalized spacial score (nSPS) is 14.8. The van der Waals surface area contributed by atoms with Crippen molar-refractivity contribution in [1.29, 1.82) is 0 Å². The molecule has 1 amide bonds. The van der Waals surface area contributed by atoms with Gasteiger partial charge in [-0.05, 0) is 41.5 Å². The first kappa shape index (κ1) is 17.9. The van der Waals surface area contributed by atoms with Crippen molar-refractivity contribution in [3.63, 3.8) is 0 Å². The molecule has 0 saturated carbocycles. The van der Waals surface area contributed by atoms with Crippen molar-refractivity contribution in [2.45, 2.75) is 19.4 Å². The van der Waals surface area contributed by atoms with Crippen molar-refractivity contribution in [3.8, 4) is 5.69 Å². The molecule has 0 aliphatic carbocycles. The zero-order valence-corrected chi connectivity index (χ0v) is 15.4. The van der Waals surface area contributed by atoms with E-state index in [4.69, 9.17) is 5.73 Å². The SMILES string of the molecule is NC(=O)C1CCN(c2ncccc2CNc2nnnn2-c2ccccc2)CC1. The van der Waals surface area contributed by atoms with Crippen molar-refractivity contribution in [1.82, 2.24) is 25.2 Å². The van der Waals surface area contributed by atoms with Crippen molar-refractivity contribution < 1.29 is 4.79 Å². The predicted octanol–water partition coefficient (Wildman–Crippen LogP) is 1.37. The average Bonchev–Trinajstić information content (AvgIpc) is 3.22. The number of nitrogens with two attached hydrogens (primary N) is 1. The third-order valence-electron chi connectivity index (χ3n) is 4.97. The molecule has 3 heterocycles. The minimum atomic E-state index is -0.213. The Bertz CT molecular complexity index is 934. The molecule has 28 heavy (non-hydrogen) atoms. The highest BCUT2D eigenvalue weighted by Crippen LogP contribution is 2.25. The van der Waals surface area contributed by atoms with E-state index in [1.54, 1.807) is 10.9 Å². The van der Waals surface area contributed by atoms with Crippen LogP contribution in [0, 0.1) is 5.92 Å². The first-order valence-corrected chi connectivity index (χ1v) is 9.28. The molecule has 9 heteroatoms. The molecule has 0 unspecified atom stereocenters. The van der Waals surface area contributed by atoms with Gasteiger partial charge in [0, 0.05) is 37.3 Å². The molecule has 0 spiro atoms.